The van der Waals surface area contributed by atoms with Crippen LogP contribution in [0.25, 0.3) is 5.69 Å². The van der Waals surface area contributed by atoms with E-state index < -0.39 is 0 Å². The zero-order valence-electron chi connectivity index (χ0n) is 12.3. The van der Waals surface area contributed by atoms with Gasteiger partial charge in [-0.1, -0.05) is 60.1 Å². The van der Waals surface area contributed by atoms with Crippen molar-refractivity contribution in [3.8, 4) is 5.69 Å². The predicted octanol–water partition coefficient (Wildman–Crippen LogP) is 3.89. The minimum Gasteiger partial charge on any atom is -0.298 e. The van der Waals surface area contributed by atoms with Gasteiger partial charge < -0.3 is 0 Å². The summed E-state index contributed by atoms with van der Waals surface area (Å²) in [7, 11) is 0. The van der Waals surface area contributed by atoms with Gasteiger partial charge in [-0.3, -0.25) is 14.2 Å². The van der Waals surface area contributed by atoms with E-state index >= 15 is 0 Å². The molecule has 0 aliphatic heterocycles. The number of hydrogen-bond acceptors (Lipinski definition) is 2. The molecule has 0 saturated heterocycles. The van der Waals surface area contributed by atoms with Crippen LogP contribution in [-0.4, -0.2) is 10.9 Å². The first-order chi connectivity index (χ1) is 11.2. The number of rotatable bonds is 4. The Hall–Kier alpha value is -2.65. The molecule has 0 N–H and O–H groups in total. The van der Waals surface area contributed by atoms with Crippen LogP contribution in [0, 0.1) is 0 Å². The van der Waals surface area contributed by atoms with Crippen molar-refractivity contribution in [1.29, 1.82) is 0 Å². The molecule has 3 aromatic rings. The summed E-state index contributed by atoms with van der Waals surface area (Å²) in [6.07, 6.45) is 2.55. The molecule has 3 rings (SSSR count). The van der Waals surface area contributed by atoms with Crippen LogP contribution in [0.2, 0.25) is 5.02 Å². The zero-order valence-corrected chi connectivity index (χ0v) is 13.0. The summed E-state index contributed by atoms with van der Waals surface area (Å²) in [5, 5.41) is 0.223. The normalized spacial score (nSPS) is 10.5. The quantitative estimate of drug-likeness (QED) is 0.683. The first-order valence-corrected chi connectivity index (χ1v) is 7.57. The maximum atomic E-state index is 12.8. The summed E-state index contributed by atoms with van der Waals surface area (Å²) in [6, 6.07) is 18.8. The fourth-order valence-corrected chi connectivity index (χ4v) is 2.72. The topological polar surface area (TPSA) is 39.1 Å². The third-order valence-electron chi connectivity index (χ3n) is 3.65. The van der Waals surface area contributed by atoms with E-state index in [0.29, 0.717) is 29.5 Å². The van der Waals surface area contributed by atoms with Crippen LogP contribution < -0.4 is 5.56 Å². The molecule has 4 heteroatoms. The van der Waals surface area contributed by atoms with E-state index in [9.17, 15) is 9.59 Å². The smallest absolute Gasteiger partial charge is 0.260 e. The molecular weight excluding hydrogens is 310 g/mol. The molecule has 114 valence electrons. The molecule has 0 atom stereocenters. The minimum absolute atomic E-state index is 0.212. The number of pyridine rings is 1. The van der Waals surface area contributed by atoms with Crippen LogP contribution in [0.3, 0.4) is 0 Å². The lowest BCUT2D eigenvalue weighted by Crippen LogP contribution is -2.24. The summed E-state index contributed by atoms with van der Waals surface area (Å²) in [5.41, 5.74) is 2.18. The molecule has 1 heterocycles. The van der Waals surface area contributed by atoms with Gasteiger partial charge in [-0.05, 0) is 17.7 Å². The third kappa shape index (κ3) is 3.10. The number of carbonyl (C=O) groups excluding carboxylic acids is 1. The maximum absolute atomic E-state index is 12.8. The van der Waals surface area contributed by atoms with Crippen molar-refractivity contribution in [2.75, 3.05) is 0 Å². The average Bonchev–Trinajstić information content (AvgIpc) is 2.60. The summed E-state index contributed by atoms with van der Waals surface area (Å²) < 4.78 is 1.47. The standard InChI is InChI=1S/C19H14ClNO2/c20-18-15(13-22)12-21(16-9-5-2-6-10-16)19(23)17(18)11-14-7-3-1-4-8-14/h1-10,12-13H,11H2. The number of benzene rings is 2. The fourth-order valence-electron chi connectivity index (χ4n) is 2.48. The Morgan fingerprint density at radius 1 is 0.957 bits per heavy atom. The highest BCUT2D eigenvalue weighted by atomic mass is 35.5. The van der Waals surface area contributed by atoms with Gasteiger partial charge in [0, 0.05) is 23.9 Å². The summed E-state index contributed by atoms with van der Waals surface area (Å²) >= 11 is 6.28. The first kappa shape index (κ1) is 15.3. The van der Waals surface area contributed by atoms with E-state index in [1.54, 1.807) is 0 Å². The van der Waals surface area contributed by atoms with Crippen LogP contribution in [0.1, 0.15) is 21.5 Å². The molecule has 0 radical (unpaired) electrons. The number of para-hydroxylation sites is 1. The Kier molecular flexibility index (Phi) is 4.40. The largest absolute Gasteiger partial charge is 0.298 e. The Morgan fingerprint density at radius 2 is 1.57 bits per heavy atom. The number of nitrogens with zero attached hydrogens (tertiary/aromatic N) is 1. The maximum Gasteiger partial charge on any atom is 0.260 e. The number of carbonyl (C=O) groups is 1. The lowest BCUT2D eigenvalue weighted by Gasteiger charge is -2.12. The first-order valence-electron chi connectivity index (χ1n) is 7.19. The molecule has 0 aliphatic carbocycles. The molecule has 0 amide bonds. The van der Waals surface area contributed by atoms with Crippen LogP contribution >= 0.6 is 11.6 Å². The molecule has 2 aromatic carbocycles. The monoisotopic (exact) mass is 323 g/mol. The average molecular weight is 324 g/mol. The molecule has 0 unspecified atom stereocenters. The second kappa shape index (κ2) is 6.63. The summed E-state index contributed by atoms with van der Waals surface area (Å²) in [5.74, 6) is 0. The van der Waals surface area contributed by atoms with Crippen molar-refractivity contribution in [3.05, 3.63) is 98.9 Å². The third-order valence-corrected chi connectivity index (χ3v) is 4.09. The van der Waals surface area contributed by atoms with Crippen LogP contribution in [-0.2, 0) is 6.42 Å². The zero-order chi connectivity index (χ0) is 16.2. The predicted molar refractivity (Wildman–Crippen MR) is 91.7 cm³/mol. The molecule has 3 nitrogen and oxygen atoms in total. The van der Waals surface area contributed by atoms with Crippen LogP contribution in [0.4, 0.5) is 0 Å². The van der Waals surface area contributed by atoms with E-state index in [0.717, 1.165) is 5.56 Å². The van der Waals surface area contributed by atoms with Gasteiger partial charge in [-0.15, -0.1) is 0 Å². The summed E-state index contributed by atoms with van der Waals surface area (Å²) in [6.45, 7) is 0. The Morgan fingerprint density at radius 3 is 2.17 bits per heavy atom. The molecule has 0 bridgehead atoms. The summed E-state index contributed by atoms with van der Waals surface area (Å²) in [4.78, 5) is 24.2. The number of aldehydes is 1. The lowest BCUT2D eigenvalue weighted by atomic mass is 10.0. The van der Waals surface area contributed by atoms with Crippen LogP contribution in [0.15, 0.2) is 71.7 Å². The van der Waals surface area contributed by atoms with E-state index in [-0.39, 0.29) is 10.6 Å². The van der Waals surface area contributed by atoms with Crippen molar-refractivity contribution in [2.24, 2.45) is 0 Å². The van der Waals surface area contributed by atoms with Gasteiger partial charge in [0.05, 0.1) is 10.6 Å². The number of halogens is 1. The Labute approximate surface area is 138 Å². The second-order valence-corrected chi connectivity index (χ2v) is 5.55. The molecule has 1 aromatic heterocycles. The molecule has 23 heavy (non-hydrogen) atoms. The fraction of sp³-hybridized carbons (Fsp3) is 0.0526. The SMILES string of the molecule is O=Cc1cn(-c2ccccc2)c(=O)c(Cc2ccccc2)c1Cl. The van der Waals surface area contributed by atoms with Crippen LogP contribution in [0.5, 0.6) is 0 Å². The lowest BCUT2D eigenvalue weighted by molar-refractivity contribution is 0.112. The highest BCUT2D eigenvalue weighted by Crippen LogP contribution is 2.21. The van der Waals surface area contributed by atoms with Gasteiger partial charge in [0.25, 0.3) is 5.56 Å². The molecule has 0 saturated carbocycles. The van der Waals surface area contributed by atoms with Gasteiger partial charge in [0.1, 0.15) is 0 Å². The van der Waals surface area contributed by atoms with Gasteiger partial charge in [0.2, 0.25) is 0 Å². The number of hydrogen-bond donors (Lipinski definition) is 0. The Balaban J connectivity index is 2.19. The van der Waals surface area contributed by atoms with Crippen molar-refractivity contribution < 1.29 is 4.79 Å². The van der Waals surface area contributed by atoms with Gasteiger partial charge in [0.15, 0.2) is 6.29 Å². The van der Waals surface area contributed by atoms with Gasteiger partial charge >= 0.3 is 0 Å². The van der Waals surface area contributed by atoms with E-state index in [4.69, 9.17) is 11.6 Å². The molecule has 0 fully saturated rings. The van der Waals surface area contributed by atoms with Crippen molar-refractivity contribution >= 4 is 17.9 Å². The van der Waals surface area contributed by atoms with Gasteiger partial charge in [-0.25, -0.2) is 0 Å². The van der Waals surface area contributed by atoms with E-state index in [1.807, 2.05) is 60.7 Å². The van der Waals surface area contributed by atoms with E-state index in [1.165, 1.54) is 10.8 Å². The molecule has 0 spiro atoms. The Bertz CT molecular complexity index is 886. The van der Waals surface area contributed by atoms with Crippen molar-refractivity contribution in [3.63, 3.8) is 0 Å². The van der Waals surface area contributed by atoms with Gasteiger partial charge in [-0.2, -0.15) is 0 Å². The molecular formula is C19H14ClNO2. The van der Waals surface area contributed by atoms with Crippen molar-refractivity contribution in [2.45, 2.75) is 6.42 Å². The molecule has 0 aliphatic rings. The highest BCUT2D eigenvalue weighted by molar-refractivity contribution is 6.33. The number of aromatic nitrogens is 1. The minimum atomic E-state index is -0.212. The second-order valence-electron chi connectivity index (χ2n) is 5.17. The van der Waals surface area contributed by atoms with Crippen molar-refractivity contribution in [1.82, 2.24) is 4.57 Å². The highest BCUT2D eigenvalue weighted by Gasteiger charge is 2.15. The van der Waals surface area contributed by atoms with E-state index in [2.05, 4.69) is 0 Å².